The zero-order chi connectivity index (χ0) is 27.3. The molecule has 4 atom stereocenters. The summed E-state index contributed by atoms with van der Waals surface area (Å²) in [7, 11) is 0. The highest BCUT2D eigenvalue weighted by molar-refractivity contribution is 5.93. The predicted molar refractivity (Wildman–Crippen MR) is 146 cm³/mol. The predicted octanol–water partition coefficient (Wildman–Crippen LogP) is 5.53. The second kappa shape index (κ2) is 12.3. The average molecular weight is 514 g/mol. The lowest BCUT2D eigenvalue weighted by atomic mass is 9.94. The second-order valence-electron chi connectivity index (χ2n) is 12.2. The number of aryl methyl sites for hydroxylation is 1. The van der Waals surface area contributed by atoms with E-state index in [1.807, 2.05) is 38.1 Å². The van der Waals surface area contributed by atoms with Gasteiger partial charge in [0.15, 0.2) is 0 Å². The van der Waals surface area contributed by atoms with Crippen LogP contribution in [0, 0.1) is 11.8 Å². The number of amides is 3. The molecule has 0 heterocycles. The van der Waals surface area contributed by atoms with Crippen LogP contribution in [0.5, 0.6) is 0 Å². The van der Waals surface area contributed by atoms with E-state index in [1.165, 1.54) is 12.0 Å². The summed E-state index contributed by atoms with van der Waals surface area (Å²) in [5.41, 5.74) is 1.31. The van der Waals surface area contributed by atoms with Crippen LogP contribution >= 0.6 is 0 Å². The molecule has 0 spiro atoms. The van der Waals surface area contributed by atoms with Crippen molar-refractivity contribution in [2.24, 2.45) is 11.8 Å². The van der Waals surface area contributed by atoms with Gasteiger partial charge < -0.3 is 20.3 Å². The Morgan fingerprint density at radius 3 is 2.14 bits per heavy atom. The molecule has 0 aromatic heterocycles. The van der Waals surface area contributed by atoms with E-state index in [0.717, 1.165) is 44.1 Å². The van der Waals surface area contributed by atoms with E-state index < -0.39 is 23.8 Å². The molecule has 2 aliphatic rings. The van der Waals surface area contributed by atoms with E-state index in [0.29, 0.717) is 0 Å². The molecule has 2 N–H and O–H groups in total. The van der Waals surface area contributed by atoms with Crippen LogP contribution in [-0.2, 0) is 20.7 Å². The summed E-state index contributed by atoms with van der Waals surface area (Å²) >= 11 is 0. The number of benzene rings is 1. The van der Waals surface area contributed by atoms with E-state index in [4.69, 9.17) is 4.74 Å². The number of hydrogen-bond acceptors (Lipinski definition) is 4. The minimum absolute atomic E-state index is 0.0536. The van der Waals surface area contributed by atoms with Gasteiger partial charge in [-0.05, 0) is 69.4 Å². The van der Waals surface area contributed by atoms with Crippen LogP contribution in [0.25, 0.3) is 0 Å². The molecule has 2 aliphatic carbocycles. The van der Waals surface area contributed by atoms with E-state index >= 15 is 0 Å². The van der Waals surface area contributed by atoms with Gasteiger partial charge in [-0.3, -0.25) is 9.59 Å². The fourth-order valence-electron chi connectivity index (χ4n) is 5.18. The molecular formula is C30H47N3O4. The lowest BCUT2D eigenvalue weighted by molar-refractivity contribution is -0.144. The normalized spacial score (nSPS) is 21.6. The maximum Gasteiger partial charge on any atom is 0.408 e. The van der Waals surface area contributed by atoms with Crippen LogP contribution in [0.3, 0.4) is 0 Å². The molecule has 0 aliphatic heterocycles. The molecule has 0 radical (unpaired) electrons. The number of nitrogens with zero attached hydrogens (tertiary/aromatic N) is 1. The third-order valence-electron chi connectivity index (χ3n) is 7.47. The molecule has 7 heteroatoms. The summed E-state index contributed by atoms with van der Waals surface area (Å²) in [5, 5.41) is 6.09. The summed E-state index contributed by atoms with van der Waals surface area (Å²) in [5.74, 6) is -0.263. The first kappa shape index (κ1) is 29.0. The number of carbonyl (C=O) groups is 3. The van der Waals surface area contributed by atoms with Crippen molar-refractivity contribution in [2.45, 2.75) is 123 Å². The largest absolute Gasteiger partial charge is 0.444 e. The molecule has 3 amide bonds. The smallest absolute Gasteiger partial charge is 0.408 e. The highest BCUT2D eigenvalue weighted by atomic mass is 16.6. The zero-order valence-electron chi connectivity index (χ0n) is 23.8. The number of nitrogens with one attached hydrogen (secondary N) is 2. The molecular weight excluding hydrogens is 466 g/mol. The molecule has 1 aromatic carbocycles. The van der Waals surface area contributed by atoms with Gasteiger partial charge in [0.2, 0.25) is 11.8 Å². The van der Waals surface area contributed by atoms with E-state index in [1.54, 1.807) is 25.7 Å². The van der Waals surface area contributed by atoms with Gasteiger partial charge in [0.25, 0.3) is 0 Å². The fourth-order valence-corrected chi connectivity index (χ4v) is 5.18. The third kappa shape index (κ3) is 7.96. The maximum absolute atomic E-state index is 14.2. The third-order valence-corrected chi connectivity index (χ3v) is 7.47. The van der Waals surface area contributed by atoms with Crippen LogP contribution in [0.2, 0.25) is 0 Å². The lowest BCUT2D eigenvalue weighted by Gasteiger charge is -2.37. The van der Waals surface area contributed by atoms with Crippen molar-refractivity contribution in [3.05, 3.63) is 35.4 Å². The Labute approximate surface area is 223 Å². The van der Waals surface area contributed by atoms with Crippen molar-refractivity contribution >= 4 is 17.9 Å². The SMILES string of the molecule is CCc1ccc(C(C(=O)NC2CCCCC2)N(C(=O)C(NC(=O)OC(C)(C)C)C(C)C)C2CC2C)cc1. The van der Waals surface area contributed by atoms with Crippen LogP contribution in [0.4, 0.5) is 4.79 Å². The van der Waals surface area contributed by atoms with Gasteiger partial charge in [0.1, 0.15) is 17.7 Å². The zero-order valence-corrected chi connectivity index (χ0v) is 23.8. The fraction of sp³-hybridized carbons (Fsp3) is 0.700. The molecule has 2 fully saturated rings. The molecule has 37 heavy (non-hydrogen) atoms. The molecule has 4 unspecified atom stereocenters. The molecule has 0 saturated heterocycles. The van der Waals surface area contributed by atoms with Crippen molar-refractivity contribution in [2.75, 3.05) is 0 Å². The quantitative estimate of drug-likeness (QED) is 0.455. The molecule has 2 saturated carbocycles. The van der Waals surface area contributed by atoms with Gasteiger partial charge in [-0.1, -0.05) is 71.2 Å². The number of rotatable bonds is 9. The topological polar surface area (TPSA) is 87.7 Å². The average Bonchev–Trinajstić information content (AvgIpc) is 3.55. The maximum atomic E-state index is 14.2. The Balaban J connectivity index is 1.96. The van der Waals surface area contributed by atoms with Crippen LogP contribution < -0.4 is 10.6 Å². The van der Waals surface area contributed by atoms with Crippen molar-refractivity contribution in [3.63, 3.8) is 0 Å². The highest BCUT2D eigenvalue weighted by Gasteiger charge is 2.48. The number of alkyl carbamates (subject to hydrolysis) is 1. The number of carbonyl (C=O) groups excluding carboxylic acids is 3. The summed E-state index contributed by atoms with van der Waals surface area (Å²) in [4.78, 5) is 42.6. The van der Waals surface area contributed by atoms with Crippen molar-refractivity contribution in [1.82, 2.24) is 15.5 Å². The van der Waals surface area contributed by atoms with Gasteiger partial charge in [0, 0.05) is 12.1 Å². The Bertz CT molecular complexity index is 931. The molecule has 7 nitrogen and oxygen atoms in total. The van der Waals surface area contributed by atoms with Crippen molar-refractivity contribution < 1.29 is 19.1 Å². The monoisotopic (exact) mass is 513 g/mol. The number of ether oxygens (including phenoxy) is 1. The summed E-state index contributed by atoms with van der Waals surface area (Å²) in [6, 6.07) is 6.54. The highest BCUT2D eigenvalue weighted by Crippen LogP contribution is 2.41. The number of hydrogen-bond donors (Lipinski definition) is 2. The van der Waals surface area contributed by atoms with E-state index in [-0.39, 0.29) is 35.7 Å². The Morgan fingerprint density at radius 2 is 1.65 bits per heavy atom. The summed E-state index contributed by atoms with van der Waals surface area (Å²) < 4.78 is 5.46. The first-order valence-electron chi connectivity index (χ1n) is 14.1. The Hall–Kier alpha value is -2.57. The Kier molecular flexibility index (Phi) is 9.65. The van der Waals surface area contributed by atoms with E-state index in [9.17, 15) is 14.4 Å². The molecule has 3 rings (SSSR count). The lowest BCUT2D eigenvalue weighted by Crippen LogP contribution is -2.56. The summed E-state index contributed by atoms with van der Waals surface area (Å²) in [6.07, 6.45) is 6.46. The molecule has 206 valence electrons. The van der Waals surface area contributed by atoms with Gasteiger partial charge in [0.05, 0.1) is 0 Å². The second-order valence-corrected chi connectivity index (χ2v) is 12.2. The standard InChI is InChI=1S/C30H47N3O4/c1-8-21-14-16-22(17-15-21)26(27(34)31-23-12-10-9-11-13-23)33(24-18-20(24)4)28(35)25(19(2)3)32-29(36)37-30(5,6)7/h14-17,19-20,23-26H,8-13,18H2,1-7H3,(H,31,34)(H,32,36). The van der Waals surface area contributed by atoms with Crippen molar-refractivity contribution in [1.29, 1.82) is 0 Å². The summed E-state index contributed by atoms with van der Waals surface area (Å²) in [6.45, 7) is 13.4. The molecule has 1 aromatic rings. The van der Waals surface area contributed by atoms with Crippen LogP contribution in [-0.4, -0.2) is 46.5 Å². The van der Waals surface area contributed by atoms with E-state index in [2.05, 4.69) is 24.5 Å². The van der Waals surface area contributed by atoms with Gasteiger partial charge in [-0.15, -0.1) is 0 Å². The van der Waals surface area contributed by atoms with Gasteiger partial charge in [-0.25, -0.2) is 4.79 Å². The van der Waals surface area contributed by atoms with Gasteiger partial charge in [-0.2, -0.15) is 0 Å². The Morgan fingerprint density at radius 1 is 1.05 bits per heavy atom. The van der Waals surface area contributed by atoms with Gasteiger partial charge >= 0.3 is 6.09 Å². The first-order valence-corrected chi connectivity index (χ1v) is 14.1. The minimum atomic E-state index is -0.803. The van der Waals surface area contributed by atoms with Crippen LogP contribution in [0.1, 0.15) is 104 Å². The van der Waals surface area contributed by atoms with Crippen molar-refractivity contribution in [3.8, 4) is 0 Å². The first-order chi connectivity index (χ1) is 17.4. The molecule has 0 bridgehead atoms. The minimum Gasteiger partial charge on any atom is -0.444 e. The van der Waals surface area contributed by atoms with Crippen LogP contribution in [0.15, 0.2) is 24.3 Å².